The standard InChI is InChI=1S/C17H16F3N5O2S/c18-17(19,20)13-3-5-14(6-4-13)28(26,27)24-8-7-21-15-11-16(23-12-22-15)25-9-1-2-10-25/h1-6,9-12,24H,7-8H2,(H,21,22,23). The van der Waals surface area contributed by atoms with E-state index in [4.69, 9.17) is 0 Å². The van der Waals surface area contributed by atoms with Crippen LogP contribution in [0.3, 0.4) is 0 Å². The molecule has 2 heterocycles. The summed E-state index contributed by atoms with van der Waals surface area (Å²) in [5, 5.41) is 2.96. The first-order valence-corrected chi connectivity index (χ1v) is 9.60. The molecule has 7 nitrogen and oxygen atoms in total. The highest BCUT2D eigenvalue weighted by molar-refractivity contribution is 7.89. The Labute approximate surface area is 159 Å². The molecule has 0 unspecified atom stereocenters. The van der Waals surface area contributed by atoms with E-state index in [9.17, 15) is 21.6 Å². The third-order valence-corrected chi connectivity index (χ3v) is 5.21. The summed E-state index contributed by atoms with van der Waals surface area (Å²) in [6.45, 7) is 0.244. The first kappa shape index (κ1) is 19.8. The van der Waals surface area contributed by atoms with Crippen LogP contribution in [0.2, 0.25) is 0 Å². The zero-order valence-corrected chi connectivity index (χ0v) is 15.2. The predicted molar refractivity (Wildman–Crippen MR) is 96.5 cm³/mol. The minimum atomic E-state index is -4.52. The van der Waals surface area contributed by atoms with Crippen molar-refractivity contribution in [2.45, 2.75) is 11.1 Å². The summed E-state index contributed by atoms with van der Waals surface area (Å²) in [5.74, 6) is 1.15. The molecule has 0 saturated carbocycles. The van der Waals surface area contributed by atoms with Crippen LogP contribution in [0.15, 0.2) is 66.1 Å². The van der Waals surface area contributed by atoms with Crippen molar-refractivity contribution in [3.8, 4) is 5.82 Å². The van der Waals surface area contributed by atoms with E-state index in [-0.39, 0.29) is 18.0 Å². The average molecular weight is 411 g/mol. The van der Waals surface area contributed by atoms with Gasteiger partial charge in [-0.3, -0.25) is 0 Å². The molecule has 0 saturated heterocycles. The fourth-order valence-corrected chi connectivity index (χ4v) is 3.39. The third kappa shape index (κ3) is 4.87. The van der Waals surface area contributed by atoms with Gasteiger partial charge < -0.3 is 9.88 Å². The van der Waals surface area contributed by atoms with Crippen LogP contribution in [0, 0.1) is 0 Å². The molecule has 11 heteroatoms. The number of hydrogen-bond acceptors (Lipinski definition) is 5. The molecule has 0 radical (unpaired) electrons. The SMILES string of the molecule is O=S(=O)(NCCNc1cc(-n2cccc2)ncn1)c1ccc(C(F)(F)F)cc1. The molecule has 0 aliphatic rings. The van der Waals surface area contributed by atoms with Crippen molar-refractivity contribution in [1.29, 1.82) is 0 Å². The Balaban J connectivity index is 1.55. The highest BCUT2D eigenvalue weighted by atomic mass is 32.2. The van der Waals surface area contributed by atoms with Crippen LogP contribution in [0.4, 0.5) is 19.0 Å². The second-order valence-corrected chi connectivity index (χ2v) is 7.47. The Morgan fingerprint density at radius 1 is 1.00 bits per heavy atom. The fourth-order valence-electron chi connectivity index (χ4n) is 2.35. The molecule has 2 aromatic heterocycles. The van der Waals surface area contributed by atoms with Crippen LogP contribution in [-0.4, -0.2) is 36.0 Å². The van der Waals surface area contributed by atoms with Gasteiger partial charge in [-0.2, -0.15) is 13.2 Å². The molecule has 0 fully saturated rings. The van der Waals surface area contributed by atoms with E-state index in [0.717, 1.165) is 24.3 Å². The van der Waals surface area contributed by atoms with E-state index >= 15 is 0 Å². The third-order valence-electron chi connectivity index (χ3n) is 3.74. The van der Waals surface area contributed by atoms with Crippen molar-refractivity contribution in [2.24, 2.45) is 0 Å². The normalized spacial score (nSPS) is 12.1. The molecule has 0 aliphatic heterocycles. The Hall–Kier alpha value is -2.92. The molecule has 0 aliphatic carbocycles. The van der Waals surface area contributed by atoms with Gasteiger partial charge in [0.1, 0.15) is 18.0 Å². The number of hydrogen-bond donors (Lipinski definition) is 2. The van der Waals surface area contributed by atoms with Gasteiger partial charge in [-0.15, -0.1) is 0 Å². The Bertz CT molecular complexity index is 1020. The maximum Gasteiger partial charge on any atom is 0.416 e. The maximum atomic E-state index is 12.6. The van der Waals surface area contributed by atoms with Crippen LogP contribution in [0.25, 0.3) is 5.82 Å². The molecule has 0 bridgehead atoms. The van der Waals surface area contributed by atoms with Crippen molar-refractivity contribution in [3.05, 3.63) is 66.7 Å². The van der Waals surface area contributed by atoms with E-state index in [2.05, 4.69) is 20.0 Å². The van der Waals surface area contributed by atoms with Gasteiger partial charge in [-0.05, 0) is 36.4 Å². The highest BCUT2D eigenvalue weighted by Crippen LogP contribution is 2.29. The number of rotatable bonds is 7. The fraction of sp³-hybridized carbons (Fsp3) is 0.176. The molecule has 28 heavy (non-hydrogen) atoms. The summed E-state index contributed by atoms with van der Waals surface area (Å²) in [7, 11) is -3.91. The Morgan fingerprint density at radius 2 is 1.68 bits per heavy atom. The minimum absolute atomic E-state index is 0.0201. The van der Waals surface area contributed by atoms with Gasteiger partial charge in [0.25, 0.3) is 0 Å². The van der Waals surface area contributed by atoms with E-state index in [1.165, 1.54) is 6.33 Å². The summed E-state index contributed by atoms with van der Waals surface area (Å²) >= 11 is 0. The predicted octanol–water partition coefficient (Wildman–Crippen LogP) is 2.68. The summed E-state index contributed by atoms with van der Waals surface area (Å²) < 4.78 is 66.1. The molecule has 3 aromatic rings. The van der Waals surface area contributed by atoms with Crippen molar-refractivity contribution >= 4 is 15.8 Å². The first-order valence-electron chi connectivity index (χ1n) is 8.12. The number of halogens is 3. The van der Waals surface area contributed by atoms with Gasteiger partial charge in [0.15, 0.2) is 0 Å². The van der Waals surface area contributed by atoms with Gasteiger partial charge in [-0.25, -0.2) is 23.1 Å². The molecule has 0 spiro atoms. The number of nitrogens with zero attached hydrogens (tertiary/aromatic N) is 3. The van der Waals surface area contributed by atoms with Crippen molar-refractivity contribution in [3.63, 3.8) is 0 Å². The van der Waals surface area contributed by atoms with E-state index in [1.54, 1.807) is 10.6 Å². The van der Waals surface area contributed by atoms with Crippen LogP contribution in [-0.2, 0) is 16.2 Å². The molecular formula is C17H16F3N5O2S. The lowest BCUT2D eigenvalue weighted by Gasteiger charge is -2.10. The Kier molecular flexibility index (Phi) is 5.66. The number of alkyl halides is 3. The largest absolute Gasteiger partial charge is 0.416 e. The lowest BCUT2D eigenvalue weighted by Crippen LogP contribution is -2.29. The number of nitrogens with one attached hydrogen (secondary N) is 2. The number of aromatic nitrogens is 3. The van der Waals surface area contributed by atoms with Crippen molar-refractivity contribution in [1.82, 2.24) is 19.3 Å². The minimum Gasteiger partial charge on any atom is -0.369 e. The van der Waals surface area contributed by atoms with E-state index < -0.39 is 21.8 Å². The maximum absolute atomic E-state index is 12.6. The monoisotopic (exact) mass is 411 g/mol. The summed E-state index contributed by atoms with van der Waals surface area (Å²) in [6.07, 6.45) is 0.509. The zero-order valence-electron chi connectivity index (χ0n) is 14.4. The van der Waals surface area contributed by atoms with Crippen LogP contribution < -0.4 is 10.0 Å². The molecule has 2 N–H and O–H groups in total. The second-order valence-electron chi connectivity index (χ2n) is 5.70. The molecule has 1 aromatic carbocycles. The van der Waals surface area contributed by atoms with Gasteiger partial charge in [0.05, 0.1) is 10.5 Å². The van der Waals surface area contributed by atoms with Crippen molar-refractivity contribution < 1.29 is 21.6 Å². The van der Waals surface area contributed by atoms with Crippen LogP contribution in [0.1, 0.15) is 5.56 Å². The van der Waals surface area contributed by atoms with Crippen molar-refractivity contribution in [2.75, 3.05) is 18.4 Å². The zero-order chi connectivity index (χ0) is 20.2. The number of sulfonamides is 1. The van der Waals surface area contributed by atoms with Gasteiger partial charge >= 0.3 is 6.18 Å². The van der Waals surface area contributed by atoms with Gasteiger partial charge in [-0.1, -0.05) is 0 Å². The summed E-state index contributed by atoms with van der Waals surface area (Å²) in [6, 6.07) is 8.71. The molecule has 0 atom stereocenters. The summed E-state index contributed by atoms with van der Waals surface area (Å²) in [4.78, 5) is 7.95. The lowest BCUT2D eigenvalue weighted by molar-refractivity contribution is -0.137. The quantitative estimate of drug-likeness (QED) is 0.584. The summed E-state index contributed by atoms with van der Waals surface area (Å²) in [5.41, 5.74) is -0.907. The average Bonchev–Trinajstić information content (AvgIpc) is 3.20. The lowest BCUT2D eigenvalue weighted by atomic mass is 10.2. The van der Waals surface area contributed by atoms with Gasteiger partial charge in [0.2, 0.25) is 10.0 Å². The molecule has 148 valence electrons. The van der Waals surface area contributed by atoms with E-state index in [0.29, 0.717) is 11.6 Å². The molecule has 0 amide bonds. The topological polar surface area (TPSA) is 88.9 Å². The molecule has 3 rings (SSSR count). The van der Waals surface area contributed by atoms with Crippen LogP contribution in [0.5, 0.6) is 0 Å². The van der Waals surface area contributed by atoms with Gasteiger partial charge in [0, 0.05) is 31.5 Å². The number of benzene rings is 1. The van der Waals surface area contributed by atoms with Crippen LogP contribution >= 0.6 is 0 Å². The Morgan fingerprint density at radius 3 is 2.32 bits per heavy atom. The second kappa shape index (κ2) is 7.98. The first-order chi connectivity index (χ1) is 13.3. The van der Waals surface area contributed by atoms with E-state index in [1.807, 2.05) is 24.5 Å². The smallest absolute Gasteiger partial charge is 0.369 e. The highest BCUT2D eigenvalue weighted by Gasteiger charge is 2.30. The molecular weight excluding hydrogens is 395 g/mol. The number of anilines is 1.